The van der Waals surface area contributed by atoms with E-state index in [1.807, 2.05) is 31.2 Å². The molecular formula is C28H25Cl2N5O4. The van der Waals surface area contributed by atoms with Crippen LogP contribution in [0, 0.1) is 0 Å². The van der Waals surface area contributed by atoms with Gasteiger partial charge in [0.2, 0.25) is 5.95 Å². The average Bonchev–Trinajstić information content (AvgIpc) is 3.35. The summed E-state index contributed by atoms with van der Waals surface area (Å²) in [4.78, 5) is 18.6. The number of amides is 1. The minimum Gasteiger partial charge on any atom is -0.495 e. The van der Waals surface area contributed by atoms with Crippen molar-refractivity contribution in [3.05, 3.63) is 87.5 Å². The van der Waals surface area contributed by atoms with Crippen molar-refractivity contribution in [2.75, 3.05) is 32.0 Å². The molecule has 1 atom stereocenters. The molecular weight excluding hydrogens is 541 g/mol. The molecule has 1 amide bonds. The van der Waals surface area contributed by atoms with Gasteiger partial charge in [-0.2, -0.15) is 4.98 Å². The number of anilines is 2. The molecule has 0 fully saturated rings. The van der Waals surface area contributed by atoms with Crippen molar-refractivity contribution in [1.29, 1.82) is 0 Å². The molecule has 4 aromatic rings. The van der Waals surface area contributed by atoms with Crippen LogP contribution in [-0.2, 0) is 4.79 Å². The number of hydrogen-bond acceptors (Lipinski definition) is 7. The van der Waals surface area contributed by atoms with Gasteiger partial charge in [-0.15, -0.1) is 5.10 Å². The van der Waals surface area contributed by atoms with Gasteiger partial charge >= 0.3 is 0 Å². The van der Waals surface area contributed by atoms with Crippen LogP contribution in [0.15, 0.2) is 71.9 Å². The van der Waals surface area contributed by atoms with Crippen molar-refractivity contribution >= 4 is 40.7 Å². The fourth-order valence-corrected chi connectivity index (χ4v) is 4.99. The Morgan fingerprint density at radius 2 is 1.69 bits per heavy atom. The first kappa shape index (κ1) is 26.4. The van der Waals surface area contributed by atoms with Crippen molar-refractivity contribution in [1.82, 2.24) is 14.8 Å². The highest BCUT2D eigenvalue weighted by atomic mass is 35.5. The Labute approximate surface area is 235 Å². The summed E-state index contributed by atoms with van der Waals surface area (Å²) in [5.74, 6) is 2.10. The van der Waals surface area contributed by atoms with Gasteiger partial charge in [-0.3, -0.25) is 4.79 Å². The number of hydrogen-bond donors (Lipinski definition) is 2. The monoisotopic (exact) mass is 565 g/mol. The number of halogens is 2. The fourth-order valence-electron chi connectivity index (χ4n) is 4.50. The Morgan fingerprint density at radius 3 is 2.41 bits per heavy atom. The van der Waals surface area contributed by atoms with Gasteiger partial charge in [0, 0.05) is 16.3 Å². The molecule has 0 bridgehead atoms. The fraction of sp³-hybridized carbons (Fsp3) is 0.179. The number of rotatable bonds is 7. The van der Waals surface area contributed by atoms with Gasteiger partial charge in [-0.25, -0.2) is 4.68 Å². The number of methoxy groups -OCH3 is 3. The molecule has 0 saturated heterocycles. The Kier molecular flexibility index (Phi) is 7.36. The van der Waals surface area contributed by atoms with Crippen LogP contribution >= 0.6 is 23.2 Å². The standard InChI is InChI=1S/C28H25Cl2N5O4/c1-15-24(27(36)32-20-7-5-6-8-21(20)37-2)25(16-9-12-22(38-3)23(13-16)39-4)35-28(31-15)33-26(34-35)18-11-10-17(29)14-19(18)30/h5-14,25H,1-4H3,(H,32,36)(H,31,33,34). The molecule has 200 valence electrons. The lowest BCUT2D eigenvalue weighted by Gasteiger charge is -2.29. The number of benzene rings is 3. The van der Waals surface area contributed by atoms with E-state index in [0.29, 0.717) is 61.6 Å². The number of ether oxygens (including phenoxy) is 3. The molecule has 5 rings (SSSR count). The molecule has 0 aliphatic carbocycles. The molecule has 11 heteroatoms. The van der Waals surface area contributed by atoms with E-state index in [1.165, 1.54) is 0 Å². The molecule has 3 aromatic carbocycles. The molecule has 1 unspecified atom stereocenters. The predicted octanol–water partition coefficient (Wildman–Crippen LogP) is 6.21. The van der Waals surface area contributed by atoms with Crippen molar-refractivity contribution in [3.63, 3.8) is 0 Å². The first-order valence-corrected chi connectivity index (χ1v) is 12.7. The highest BCUT2D eigenvalue weighted by Crippen LogP contribution is 2.41. The van der Waals surface area contributed by atoms with Gasteiger partial charge in [0.15, 0.2) is 17.3 Å². The van der Waals surface area contributed by atoms with Gasteiger partial charge in [0.05, 0.1) is 37.6 Å². The lowest BCUT2D eigenvalue weighted by atomic mass is 9.94. The number of para-hydroxylation sites is 2. The van der Waals surface area contributed by atoms with Crippen molar-refractivity contribution in [3.8, 4) is 28.6 Å². The SMILES string of the molecule is COc1ccccc1NC(=O)C1=C(C)Nc2nc(-c3ccc(Cl)cc3Cl)nn2C1c1ccc(OC)c(OC)c1. The normalized spacial score (nSPS) is 14.4. The molecule has 0 spiro atoms. The summed E-state index contributed by atoms with van der Waals surface area (Å²) in [7, 11) is 4.67. The third-order valence-corrected chi connectivity index (χ3v) is 6.90. The average molecular weight is 566 g/mol. The van der Waals surface area contributed by atoms with E-state index >= 15 is 0 Å². The maximum atomic E-state index is 13.9. The number of carbonyl (C=O) groups is 1. The number of nitrogens with one attached hydrogen (secondary N) is 2. The molecule has 9 nitrogen and oxygen atoms in total. The van der Waals surface area contributed by atoms with Crippen LogP contribution in [0.4, 0.5) is 11.6 Å². The summed E-state index contributed by atoms with van der Waals surface area (Å²) >= 11 is 12.6. The van der Waals surface area contributed by atoms with Gasteiger partial charge in [0.25, 0.3) is 5.91 Å². The van der Waals surface area contributed by atoms with Gasteiger partial charge in [0.1, 0.15) is 11.8 Å². The first-order valence-electron chi connectivity index (χ1n) is 11.9. The second-order valence-electron chi connectivity index (χ2n) is 8.66. The smallest absolute Gasteiger partial charge is 0.255 e. The maximum absolute atomic E-state index is 13.9. The Bertz CT molecular complexity index is 1600. The highest BCUT2D eigenvalue weighted by molar-refractivity contribution is 6.36. The van der Waals surface area contributed by atoms with Gasteiger partial charge < -0.3 is 24.8 Å². The molecule has 2 heterocycles. The van der Waals surface area contributed by atoms with Crippen molar-refractivity contribution < 1.29 is 19.0 Å². The van der Waals surface area contributed by atoms with Crippen molar-refractivity contribution in [2.45, 2.75) is 13.0 Å². The first-order chi connectivity index (χ1) is 18.8. The van der Waals surface area contributed by atoms with Crippen LogP contribution in [0.3, 0.4) is 0 Å². The minimum atomic E-state index is -0.664. The second kappa shape index (κ2) is 10.9. The molecule has 1 aliphatic rings. The van der Waals surface area contributed by atoms with E-state index in [0.717, 1.165) is 5.56 Å². The molecule has 39 heavy (non-hydrogen) atoms. The summed E-state index contributed by atoms with van der Waals surface area (Å²) in [6.07, 6.45) is 0. The number of aromatic nitrogens is 3. The van der Waals surface area contributed by atoms with Crippen molar-refractivity contribution in [2.24, 2.45) is 0 Å². The van der Waals surface area contributed by atoms with E-state index in [9.17, 15) is 4.79 Å². The summed E-state index contributed by atoms with van der Waals surface area (Å²) in [6.45, 7) is 1.82. The van der Waals surface area contributed by atoms with Crippen LogP contribution in [0.25, 0.3) is 11.4 Å². The van der Waals surface area contributed by atoms with E-state index in [1.54, 1.807) is 62.4 Å². The highest BCUT2D eigenvalue weighted by Gasteiger charge is 2.35. The van der Waals surface area contributed by atoms with Gasteiger partial charge in [-0.1, -0.05) is 41.4 Å². The summed E-state index contributed by atoms with van der Waals surface area (Å²) in [6, 6.07) is 17.1. The molecule has 1 aromatic heterocycles. The quantitative estimate of drug-likeness (QED) is 0.275. The van der Waals surface area contributed by atoms with Crippen LogP contribution < -0.4 is 24.8 Å². The zero-order chi connectivity index (χ0) is 27.7. The molecule has 0 radical (unpaired) electrons. The molecule has 1 aliphatic heterocycles. The van der Waals surface area contributed by atoms with Crippen LogP contribution in [0.2, 0.25) is 10.0 Å². The largest absolute Gasteiger partial charge is 0.495 e. The molecule has 0 saturated carbocycles. The van der Waals surface area contributed by atoms with Crippen LogP contribution in [0.5, 0.6) is 17.2 Å². The zero-order valence-corrected chi connectivity index (χ0v) is 23.1. The lowest BCUT2D eigenvalue weighted by molar-refractivity contribution is -0.113. The summed E-state index contributed by atoms with van der Waals surface area (Å²) < 4.78 is 18.1. The Morgan fingerprint density at radius 1 is 0.949 bits per heavy atom. The van der Waals surface area contributed by atoms with Crippen LogP contribution in [0.1, 0.15) is 18.5 Å². The Hall–Kier alpha value is -4.21. The Balaban J connectivity index is 1.65. The third-order valence-electron chi connectivity index (χ3n) is 6.35. The topological polar surface area (TPSA) is 99.5 Å². The minimum absolute atomic E-state index is 0.337. The number of nitrogens with zero attached hydrogens (tertiary/aromatic N) is 3. The van der Waals surface area contributed by atoms with E-state index in [2.05, 4.69) is 10.6 Å². The van der Waals surface area contributed by atoms with Crippen LogP contribution in [-0.4, -0.2) is 42.0 Å². The number of carbonyl (C=O) groups excluding carboxylic acids is 1. The van der Waals surface area contributed by atoms with E-state index in [4.69, 9.17) is 47.5 Å². The van der Waals surface area contributed by atoms with Gasteiger partial charge in [-0.05, 0) is 55.0 Å². The summed E-state index contributed by atoms with van der Waals surface area (Å²) in [5, 5.41) is 11.9. The maximum Gasteiger partial charge on any atom is 0.255 e. The number of fused-ring (bicyclic) bond motifs is 1. The van der Waals surface area contributed by atoms with E-state index < -0.39 is 6.04 Å². The second-order valence-corrected chi connectivity index (χ2v) is 9.51. The summed E-state index contributed by atoms with van der Waals surface area (Å²) in [5.41, 5.74) is 2.91. The molecule has 2 N–H and O–H groups in total. The predicted molar refractivity (Wildman–Crippen MR) is 151 cm³/mol. The number of allylic oxidation sites excluding steroid dienone is 1. The van der Waals surface area contributed by atoms with E-state index in [-0.39, 0.29) is 5.91 Å². The third kappa shape index (κ3) is 4.98. The lowest BCUT2D eigenvalue weighted by Crippen LogP contribution is -2.31. The zero-order valence-electron chi connectivity index (χ0n) is 21.6.